The normalized spacial score (nSPS) is 13.2. The van der Waals surface area contributed by atoms with E-state index < -0.39 is 15.8 Å². The summed E-state index contributed by atoms with van der Waals surface area (Å²) in [6.07, 6.45) is 7.93. The van der Waals surface area contributed by atoms with Crippen molar-refractivity contribution in [3.8, 4) is 0 Å². The summed E-state index contributed by atoms with van der Waals surface area (Å²) >= 11 is 0. The Morgan fingerprint density at radius 3 is 0.903 bits per heavy atom. The minimum absolute atomic E-state index is 0. The van der Waals surface area contributed by atoms with Gasteiger partial charge >= 0.3 is 0 Å². The first-order valence-corrected chi connectivity index (χ1v) is 14.0. The molecule has 0 amide bonds. The first kappa shape index (κ1) is 30.9. The molecule has 4 nitrogen and oxygen atoms in total. The van der Waals surface area contributed by atoms with E-state index in [1.807, 2.05) is 12.4 Å². The van der Waals surface area contributed by atoms with Gasteiger partial charge < -0.3 is 9.13 Å². The van der Waals surface area contributed by atoms with Gasteiger partial charge in [-0.1, -0.05) is 0 Å². The molecule has 0 saturated carbocycles. The number of nitrogens with zero attached hydrogens (tertiary/aromatic N) is 4. The summed E-state index contributed by atoms with van der Waals surface area (Å²) in [6.45, 7) is 28.0. The Hall–Kier alpha value is -0.0577. The van der Waals surface area contributed by atoms with E-state index in [1.54, 1.807) is 0 Å². The Labute approximate surface area is 208 Å². The van der Waals surface area contributed by atoms with Gasteiger partial charge in [-0.15, -0.1) is 0 Å². The molecule has 2 rings (SSSR count). The van der Waals surface area contributed by atoms with Crippen molar-refractivity contribution in [1.29, 1.82) is 0 Å². The van der Waals surface area contributed by atoms with Crippen molar-refractivity contribution in [2.45, 2.75) is 104 Å². The van der Waals surface area contributed by atoms with Gasteiger partial charge in [0.25, 0.3) is 11.1 Å². The van der Waals surface area contributed by atoms with E-state index >= 15 is 0 Å². The molecule has 0 atom stereocenters. The van der Waals surface area contributed by atoms with Gasteiger partial charge in [0.1, 0.15) is 0 Å². The summed E-state index contributed by atoms with van der Waals surface area (Å²) < 4.78 is 4.37. The number of hydrogen-bond acceptors (Lipinski definition) is 2. The standard InChI is InChI=1S/2C12H23N2P.Pd/c2*1-11(2,3)15(12(4,5)6)10-13-8-9-14(10)7;/h2*8-9H,1-7H3;/p+2. The molecule has 0 aliphatic heterocycles. The molecular formula is C24H48N4P2Pd+2. The Balaban J connectivity index is 0.000000562. The molecule has 0 N–H and O–H groups in total. The molecule has 0 unspecified atom stereocenters. The van der Waals surface area contributed by atoms with Crippen LogP contribution in [0.3, 0.4) is 0 Å². The predicted molar refractivity (Wildman–Crippen MR) is 141 cm³/mol. The number of aromatic nitrogens is 4. The molecule has 2 aromatic heterocycles. The van der Waals surface area contributed by atoms with Crippen LogP contribution < -0.4 is 11.1 Å². The van der Waals surface area contributed by atoms with Crippen LogP contribution in [0.4, 0.5) is 0 Å². The number of rotatable bonds is 2. The molecule has 0 fully saturated rings. The van der Waals surface area contributed by atoms with Gasteiger partial charge in [-0.05, 0) is 83.1 Å². The largest absolute Gasteiger partial charge is 0.305 e. The van der Waals surface area contributed by atoms with Crippen molar-refractivity contribution in [3.63, 3.8) is 0 Å². The van der Waals surface area contributed by atoms with Crippen LogP contribution in [0, 0.1) is 0 Å². The van der Waals surface area contributed by atoms with Crippen molar-refractivity contribution in [2.24, 2.45) is 14.1 Å². The molecule has 0 radical (unpaired) electrons. The Morgan fingerprint density at radius 1 is 0.548 bits per heavy atom. The second-order valence-corrected chi connectivity index (χ2v) is 20.9. The third-order valence-electron chi connectivity index (χ3n) is 5.09. The van der Waals surface area contributed by atoms with E-state index in [0.717, 1.165) is 0 Å². The fourth-order valence-corrected chi connectivity index (χ4v) is 13.2. The average molecular weight is 561 g/mol. The molecule has 182 valence electrons. The molecule has 2 aromatic rings. The number of hydrogen-bond donors (Lipinski definition) is 0. The SMILES string of the molecule is Cn1ccnc1[PH+](C(C)(C)C)C(C)(C)C.Cn1ccnc1[PH+](C(C)(C)C)C(C)(C)C.[Pd]. The predicted octanol–water partition coefficient (Wildman–Crippen LogP) is 5.71. The third-order valence-corrected chi connectivity index (χ3v) is 12.9. The molecule has 0 saturated heterocycles. The van der Waals surface area contributed by atoms with Crippen molar-refractivity contribution in [2.75, 3.05) is 0 Å². The maximum atomic E-state index is 4.56. The van der Waals surface area contributed by atoms with Crippen molar-refractivity contribution < 1.29 is 20.4 Å². The smallest absolute Gasteiger partial charge is 0.255 e. The van der Waals surface area contributed by atoms with Crippen LogP contribution in [0.5, 0.6) is 0 Å². The van der Waals surface area contributed by atoms with E-state index in [2.05, 4.69) is 129 Å². The maximum absolute atomic E-state index is 4.56. The van der Waals surface area contributed by atoms with Crippen LogP contribution in [0.25, 0.3) is 0 Å². The van der Waals surface area contributed by atoms with Gasteiger partial charge in [0.15, 0.2) is 0 Å². The molecular weight excluding hydrogens is 513 g/mol. The third kappa shape index (κ3) is 8.66. The van der Waals surface area contributed by atoms with Gasteiger partial charge in [-0.3, -0.25) is 0 Å². The number of imidazole rings is 2. The fraction of sp³-hybridized carbons (Fsp3) is 0.750. The van der Waals surface area contributed by atoms with Crippen LogP contribution in [0.1, 0.15) is 83.1 Å². The Bertz CT molecular complexity index is 703. The van der Waals surface area contributed by atoms with Crippen molar-refractivity contribution >= 4 is 27.0 Å². The maximum Gasteiger partial charge on any atom is 0.255 e. The average Bonchev–Trinajstić information content (AvgIpc) is 3.04. The first-order chi connectivity index (χ1) is 13.3. The fourth-order valence-electron chi connectivity index (χ4n) is 4.80. The molecule has 0 aliphatic rings. The van der Waals surface area contributed by atoms with E-state index in [9.17, 15) is 0 Å². The van der Waals surface area contributed by atoms with E-state index in [-0.39, 0.29) is 20.4 Å². The number of aryl methyl sites for hydroxylation is 2. The molecule has 7 heteroatoms. The zero-order chi connectivity index (χ0) is 23.7. The molecule has 0 aromatic carbocycles. The topological polar surface area (TPSA) is 35.6 Å². The van der Waals surface area contributed by atoms with Crippen LogP contribution in [0.2, 0.25) is 0 Å². The van der Waals surface area contributed by atoms with E-state index in [4.69, 9.17) is 0 Å². The van der Waals surface area contributed by atoms with Crippen LogP contribution in [0.15, 0.2) is 24.8 Å². The monoisotopic (exact) mass is 560 g/mol. The minimum Gasteiger partial charge on any atom is -0.305 e. The Morgan fingerprint density at radius 2 is 0.774 bits per heavy atom. The van der Waals surface area contributed by atoms with Gasteiger partial charge in [-0.25, -0.2) is 9.97 Å². The van der Waals surface area contributed by atoms with E-state index in [1.165, 1.54) is 11.1 Å². The summed E-state index contributed by atoms with van der Waals surface area (Å²) in [5.74, 6) is 0. The molecule has 31 heavy (non-hydrogen) atoms. The van der Waals surface area contributed by atoms with Gasteiger partial charge in [-0.2, -0.15) is 0 Å². The first-order valence-electron chi connectivity index (χ1n) is 11.0. The van der Waals surface area contributed by atoms with E-state index in [0.29, 0.717) is 20.6 Å². The van der Waals surface area contributed by atoms with Gasteiger partial charge in [0, 0.05) is 59.3 Å². The second-order valence-electron chi connectivity index (χ2n) is 12.5. The quantitative estimate of drug-likeness (QED) is 0.348. The molecule has 2 heterocycles. The van der Waals surface area contributed by atoms with Gasteiger partial charge in [0.2, 0.25) is 0 Å². The van der Waals surface area contributed by atoms with Gasteiger partial charge in [0.05, 0.1) is 36.5 Å². The Kier molecular flexibility index (Phi) is 10.9. The summed E-state index contributed by atoms with van der Waals surface area (Å²) in [5, 5.41) is 1.34. The van der Waals surface area contributed by atoms with Crippen LogP contribution in [-0.4, -0.2) is 39.7 Å². The summed E-state index contributed by atoms with van der Waals surface area (Å²) in [5.41, 5.74) is 2.58. The zero-order valence-corrected chi connectivity index (χ0v) is 26.0. The van der Waals surface area contributed by atoms with Crippen molar-refractivity contribution in [1.82, 2.24) is 19.1 Å². The second kappa shape index (κ2) is 10.9. The molecule has 0 bridgehead atoms. The summed E-state index contributed by atoms with van der Waals surface area (Å²) in [4.78, 5) is 9.11. The van der Waals surface area contributed by atoms with Crippen LogP contribution in [-0.2, 0) is 34.5 Å². The van der Waals surface area contributed by atoms with Crippen LogP contribution >= 0.6 is 15.8 Å². The summed E-state index contributed by atoms with van der Waals surface area (Å²) in [6, 6.07) is 0. The molecule has 0 spiro atoms. The minimum atomic E-state index is -0.689. The van der Waals surface area contributed by atoms with Crippen molar-refractivity contribution in [3.05, 3.63) is 24.8 Å². The summed E-state index contributed by atoms with van der Waals surface area (Å²) in [7, 11) is 2.83. The molecule has 0 aliphatic carbocycles. The zero-order valence-electron chi connectivity index (χ0n) is 22.4.